The summed E-state index contributed by atoms with van der Waals surface area (Å²) in [6, 6.07) is 3.27. The van der Waals surface area contributed by atoms with E-state index in [1.54, 1.807) is 26.2 Å². The fraction of sp³-hybridized carbons (Fsp3) is 0.500. The first kappa shape index (κ1) is 13.3. The lowest BCUT2D eigenvalue weighted by atomic mass is 10.3. The Morgan fingerprint density at radius 1 is 1.41 bits per heavy atom. The maximum absolute atomic E-state index is 11.4. The predicted molar refractivity (Wildman–Crippen MR) is 67.2 cm³/mol. The number of anilines is 1. The van der Waals surface area contributed by atoms with Crippen LogP contribution in [0.2, 0.25) is 0 Å². The number of nitrogens with one attached hydrogen (secondary N) is 2. The van der Waals surface area contributed by atoms with Crippen molar-refractivity contribution in [2.24, 2.45) is 0 Å². The minimum atomic E-state index is -0.357. The van der Waals surface area contributed by atoms with Crippen molar-refractivity contribution < 1.29 is 9.53 Å². The summed E-state index contributed by atoms with van der Waals surface area (Å²) < 4.78 is 5.60. The van der Waals surface area contributed by atoms with E-state index in [-0.39, 0.29) is 18.1 Å². The van der Waals surface area contributed by atoms with Gasteiger partial charge in [-0.25, -0.2) is 4.98 Å². The third-order valence-corrected chi connectivity index (χ3v) is 2.13. The average Bonchev–Trinajstić information content (AvgIpc) is 2.29. The summed E-state index contributed by atoms with van der Waals surface area (Å²) >= 11 is 0. The van der Waals surface area contributed by atoms with Crippen molar-refractivity contribution in [3.05, 3.63) is 18.3 Å². The number of carbonyl (C=O) groups excluding carboxylic acids is 1. The minimum Gasteiger partial charge on any atom is -0.487 e. The molecule has 0 aliphatic heterocycles. The topological polar surface area (TPSA) is 63.2 Å². The van der Waals surface area contributed by atoms with Crippen molar-refractivity contribution in [2.45, 2.75) is 32.9 Å². The molecule has 1 aromatic heterocycles. The molecule has 0 aromatic carbocycles. The molecule has 1 amide bonds. The van der Waals surface area contributed by atoms with E-state index < -0.39 is 0 Å². The third kappa shape index (κ3) is 3.94. The number of likely N-dealkylation sites (N-methyl/N-ethyl adjacent to an activating group) is 1. The largest absolute Gasteiger partial charge is 0.487 e. The van der Waals surface area contributed by atoms with Crippen LogP contribution in [0, 0.1) is 0 Å². The van der Waals surface area contributed by atoms with Gasteiger partial charge in [-0.05, 0) is 32.9 Å². The molecule has 5 nitrogen and oxygen atoms in total. The predicted octanol–water partition coefficient (Wildman–Crippen LogP) is 1.42. The van der Waals surface area contributed by atoms with Crippen LogP contribution in [0.3, 0.4) is 0 Å². The second-order valence-electron chi connectivity index (χ2n) is 4.00. The lowest BCUT2D eigenvalue weighted by Crippen LogP contribution is -2.35. The van der Waals surface area contributed by atoms with Crippen LogP contribution in [0.5, 0.6) is 5.75 Å². The van der Waals surface area contributed by atoms with Gasteiger partial charge in [0.2, 0.25) is 5.91 Å². The zero-order valence-electron chi connectivity index (χ0n) is 10.7. The molecule has 0 spiro atoms. The normalized spacial score (nSPS) is 12.1. The van der Waals surface area contributed by atoms with Gasteiger partial charge in [0.05, 0.1) is 6.10 Å². The maximum Gasteiger partial charge on any atom is 0.241 e. The summed E-state index contributed by atoms with van der Waals surface area (Å²) in [7, 11) is 1.60. The first-order valence-electron chi connectivity index (χ1n) is 5.64. The highest BCUT2D eigenvalue weighted by Crippen LogP contribution is 2.22. The molecule has 0 saturated carbocycles. The Morgan fingerprint density at radius 3 is 2.71 bits per heavy atom. The quantitative estimate of drug-likeness (QED) is 0.813. The Labute approximate surface area is 102 Å². The molecule has 0 fully saturated rings. The van der Waals surface area contributed by atoms with E-state index >= 15 is 0 Å². The SMILES string of the molecule is CNC(=O)C(C)Nc1ncccc1OC(C)C. The Hall–Kier alpha value is -1.78. The molecule has 1 rings (SSSR count). The summed E-state index contributed by atoms with van der Waals surface area (Å²) in [5.74, 6) is 1.14. The van der Waals surface area contributed by atoms with Gasteiger partial charge in [0.15, 0.2) is 11.6 Å². The first-order valence-corrected chi connectivity index (χ1v) is 5.64. The van der Waals surface area contributed by atoms with E-state index in [9.17, 15) is 4.79 Å². The average molecular weight is 237 g/mol. The number of amides is 1. The van der Waals surface area contributed by atoms with Gasteiger partial charge >= 0.3 is 0 Å². The van der Waals surface area contributed by atoms with Gasteiger partial charge in [0.1, 0.15) is 6.04 Å². The van der Waals surface area contributed by atoms with Crippen molar-refractivity contribution >= 4 is 11.7 Å². The number of hydrogen-bond donors (Lipinski definition) is 2. The molecule has 5 heteroatoms. The lowest BCUT2D eigenvalue weighted by molar-refractivity contribution is -0.121. The summed E-state index contributed by atoms with van der Waals surface area (Å²) in [6.45, 7) is 5.66. The molecule has 0 saturated heterocycles. The number of pyridine rings is 1. The maximum atomic E-state index is 11.4. The minimum absolute atomic E-state index is 0.0649. The van der Waals surface area contributed by atoms with Gasteiger partial charge in [0.25, 0.3) is 0 Å². The van der Waals surface area contributed by atoms with Crippen molar-refractivity contribution in [3.8, 4) is 5.75 Å². The smallest absolute Gasteiger partial charge is 0.241 e. The molecular formula is C12H19N3O2. The van der Waals surface area contributed by atoms with Crippen molar-refractivity contribution in [1.29, 1.82) is 0 Å². The monoisotopic (exact) mass is 237 g/mol. The fourth-order valence-electron chi connectivity index (χ4n) is 1.34. The fourth-order valence-corrected chi connectivity index (χ4v) is 1.34. The molecule has 0 bridgehead atoms. The molecule has 0 aliphatic rings. The molecule has 2 N–H and O–H groups in total. The van der Waals surface area contributed by atoms with Crippen molar-refractivity contribution in [1.82, 2.24) is 10.3 Å². The highest BCUT2D eigenvalue weighted by atomic mass is 16.5. The molecule has 1 heterocycles. The van der Waals surface area contributed by atoms with Crippen molar-refractivity contribution in [2.75, 3.05) is 12.4 Å². The van der Waals surface area contributed by atoms with Gasteiger partial charge in [-0.15, -0.1) is 0 Å². The summed E-state index contributed by atoms with van der Waals surface area (Å²) in [4.78, 5) is 15.6. The zero-order valence-corrected chi connectivity index (χ0v) is 10.7. The van der Waals surface area contributed by atoms with Crippen LogP contribution in [0.1, 0.15) is 20.8 Å². The molecule has 94 valence electrons. The second-order valence-corrected chi connectivity index (χ2v) is 4.00. The van der Waals surface area contributed by atoms with E-state index in [4.69, 9.17) is 4.74 Å². The molecule has 17 heavy (non-hydrogen) atoms. The summed E-state index contributed by atoms with van der Waals surface area (Å²) in [6.07, 6.45) is 1.72. The molecule has 0 radical (unpaired) electrons. The Bertz CT molecular complexity index is 380. The van der Waals surface area contributed by atoms with Crippen LogP contribution in [-0.2, 0) is 4.79 Å². The van der Waals surface area contributed by atoms with E-state index in [0.29, 0.717) is 11.6 Å². The van der Waals surface area contributed by atoms with Gasteiger partial charge in [-0.2, -0.15) is 0 Å². The van der Waals surface area contributed by atoms with Crippen LogP contribution in [0.15, 0.2) is 18.3 Å². The van der Waals surface area contributed by atoms with Crippen LogP contribution in [-0.4, -0.2) is 30.1 Å². The number of ether oxygens (including phenoxy) is 1. The Balaban J connectivity index is 2.79. The van der Waals surface area contributed by atoms with Crippen LogP contribution >= 0.6 is 0 Å². The van der Waals surface area contributed by atoms with Gasteiger partial charge in [-0.1, -0.05) is 0 Å². The van der Waals surface area contributed by atoms with Crippen molar-refractivity contribution in [3.63, 3.8) is 0 Å². The highest BCUT2D eigenvalue weighted by Gasteiger charge is 2.14. The Kier molecular flexibility index (Phi) is 4.75. The van der Waals surface area contributed by atoms with Crippen LogP contribution in [0.25, 0.3) is 0 Å². The second kappa shape index (κ2) is 6.08. The zero-order chi connectivity index (χ0) is 12.8. The molecule has 1 atom stereocenters. The van der Waals surface area contributed by atoms with E-state index in [0.717, 1.165) is 0 Å². The Morgan fingerprint density at radius 2 is 2.12 bits per heavy atom. The molecule has 0 aliphatic carbocycles. The number of nitrogens with zero attached hydrogens (tertiary/aromatic N) is 1. The third-order valence-electron chi connectivity index (χ3n) is 2.13. The van der Waals surface area contributed by atoms with Crippen LogP contribution < -0.4 is 15.4 Å². The summed E-state index contributed by atoms with van der Waals surface area (Å²) in [5.41, 5.74) is 0. The molecule has 1 unspecified atom stereocenters. The van der Waals surface area contributed by atoms with Crippen LogP contribution in [0.4, 0.5) is 5.82 Å². The lowest BCUT2D eigenvalue weighted by Gasteiger charge is -2.17. The molecular weight excluding hydrogens is 218 g/mol. The van der Waals surface area contributed by atoms with Gasteiger partial charge in [-0.3, -0.25) is 4.79 Å². The van der Waals surface area contributed by atoms with Gasteiger partial charge in [0, 0.05) is 13.2 Å². The molecule has 1 aromatic rings. The highest BCUT2D eigenvalue weighted by molar-refractivity contribution is 5.83. The number of hydrogen-bond acceptors (Lipinski definition) is 4. The standard InChI is InChI=1S/C12H19N3O2/c1-8(2)17-10-6-5-7-14-11(10)15-9(3)12(16)13-4/h5-9H,1-4H3,(H,13,16)(H,14,15). The first-order chi connectivity index (χ1) is 8.04. The van der Waals surface area contributed by atoms with Gasteiger partial charge < -0.3 is 15.4 Å². The number of rotatable bonds is 5. The van der Waals surface area contributed by atoms with E-state index in [2.05, 4.69) is 15.6 Å². The van der Waals surface area contributed by atoms with E-state index in [1.165, 1.54) is 0 Å². The number of carbonyl (C=O) groups is 1. The van der Waals surface area contributed by atoms with E-state index in [1.807, 2.05) is 19.9 Å². The summed E-state index contributed by atoms with van der Waals surface area (Å²) in [5, 5.41) is 5.59. The number of aromatic nitrogens is 1.